The normalized spacial score (nSPS) is 34.3. The summed E-state index contributed by atoms with van der Waals surface area (Å²) in [6, 6.07) is 0. The molecule has 0 aliphatic heterocycles. The van der Waals surface area contributed by atoms with E-state index in [2.05, 4.69) is 0 Å². The van der Waals surface area contributed by atoms with E-state index in [9.17, 15) is 4.79 Å². The van der Waals surface area contributed by atoms with E-state index in [1.807, 2.05) is 0 Å². The van der Waals surface area contributed by atoms with Crippen molar-refractivity contribution in [3.8, 4) is 0 Å². The highest BCUT2D eigenvalue weighted by Gasteiger charge is 2.62. The molecule has 1 spiro atoms. The molecule has 2 fully saturated rings. The van der Waals surface area contributed by atoms with Crippen LogP contribution in [0.5, 0.6) is 0 Å². The van der Waals surface area contributed by atoms with Gasteiger partial charge in [0.1, 0.15) is 5.78 Å². The smallest absolute Gasteiger partial charge is 0.140 e. The fourth-order valence-corrected chi connectivity index (χ4v) is 0.870. The van der Waals surface area contributed by atoms with Crippen molar-refractivity contribution in [2.45, 2.75) is 19.3 Å². The second kappa shape index (κ2) is 0.462. The summed E-state index contributed by atoms with van der Waals surface area (Å²) < 4.78 is 0. The van der Waals surface area contributed by atoms with Gasteiger partial charge in [0.25, 0.3) is 0 Å². The summed E-state index contributed by atoms with van der Waals surface area (Å²) in [6.07, 6.45) is 3.31. The van der Waals surface area contributed by atoms with Gasteiger partial charge in [-0.1, -0.05) is 0 Å². The molecule has 1 heteroatoms. The molecular formula is C5H6O. The summed E-state index contributed by atoms with van der Waals surface area (Å²) in [5, 5.41) is 0. The molecule has 0 radical (unpaired) electrons. The van der Waals surface area contributed by atoms with Gasteiger partial charge in [-0.25, -0.2) is 0 Å². The first-order chi connectivity index (χ1) is 2.83. The SMILES string of the molecule is O=C1CC12CC2. The molecule has 2 aliphatic carbocycles. The van der Waals surface area contributed by atoms with E-state index >= 15 is 0 Å². The van der Waals surface area contributed by atoms with E-state index in [0.717, 1.165) is 6.42 Å². The Morgan fingerprint density at radius 1 is 1.50 bits per heavy atom. The number of rotatable bonds is 0. The molecule has 0 heterocycles. The quantitative estimate of drug-likeness (QED) is 0.421. The summed E-state index contributed by atoms with van der Waals surface area (Å²) >= 11 is 0. The molecular weight excluding hydrogens is 76.1 g/mol. The average Bonchev–Trinajstić information content (AvgIpc) is 2.25. The Morgan fingerprint density at radius 2 is 2.00 bits per heavy atom. The zero-order valence-electron chi connectivity index (χ0n) is 3.53. The Labute approximate surface area is 36.3 Å². The first-order valence-corrected chi connectivity index (χ1v) is 2.37. The Hall–Kier alpha value is -0.330. The largest absolute Gasteiger partial charge is 0.299 e. The van der Waals surface area contributed by atoms with Gasteiger partial charge >= 0.3 is 0 Å². The van der Waals surface area contributed by atoms with Crippen molar-refractivity contribution in [3.63, 3.8) is 0 Å². The van der Waals surface area contributed by atoms with Crippen LogP contribution < -0.4 is 0 Å². The third-order valence-electron chi connectivity index (χ3n) is 1.82. The number of ketones is 1. The van der Waals surface area contributed by atoms with Crippen LogP contribution in [0, 0.1) is 5.41 Å². The monoisotopic (exact) mass is 82.0 g/mol. The van der Waals surface area contributed by atoms with Gasteiger partial charge in [0.2, 0.25) is 0 Å². The van der Waals surface area contributed by atoms with E-state index in [0.29, 0.717) is 11.2 Å². The van der Waals surface area contributed by atoms with E-state index in [1.54, 1.807) is 0 Å². The zero-order valence-corrected chi connectivity index (χ0v) is 3.53. The molecule has 0 amide bonds. The van der Waals surface area contributed by atoms with E-state index < -0.39 is 0 Å². The third kappa shape index (κ3) is 0.140. The maximum absolute atomic E-state index is 10.3. The fraction of sp³-hybridized carbons (Fsp3) is 0.800. The van der Waals surface area contributed by atoms with E-state index in [4.69, 9.17) is 0 Å². The van der Waals surface area contributed by atoms with Crippen molar-refractivity contribution in [3.05, 3.63) is 0 Å². The molecule has 1 nitrogen and oxygen atoms in total. The Bertz CT molecular complexity index is 111. The number of carbonyl (C=O) groups is 1. The summed E-state index contributed by atoms with van der Waals surface area (Å²) in [5.74, 6) is 0.516. The van der Waals surface area contributed by atoms with Gasteiger partial charge in [-0.3, -0.25) is 4.79 Å². The molecule has 0 saturated heterocycles. The Kier molecular flexibility index (Phi) is 0.214. The second-order valence-corrected chi connectivity index (χ2v) is 2.38. The van der Waals surface area contributed by atoms with Crippen molar-refractivity contribution in [1.82, 2.24) is 0 Å². The lowest BCUT2D eigenvalue weighted by Crippen LogP contribution is -1.66. The van der Waals surface area contributed by atoms with Gasteiger partial charge in [-0.15, -0.1) is 0 Å². The van der Waals surface area contributed by atoms with Gasteiger partial charge < -0.3 is 0 Å². The molecule has 6 heavy (non-hydrogen) atoms. The van der Waals surface area contributed by atoms with Gasteiger partial charge in [-0.2, -0.15) is 0 Å². The predicted molar refractivity (Wildman–Crippen MR) is 21.3 cm³/mol. The molecule has 32 valence electrons. The number of hydrogen-bond donors (Lipinski definition) is 0. The topological polar surface area (TPSA) is 17.1 Å². The molecule has 0 atom stereocenters. The second-order valence-electron chi connectivity index (χ2n) is 2.38. The van der Waals surface area contributed by atoms with Crippen LogP contribution in [0.2, 0.25) is 0 Å². The van der Waals surface area contributed by atoms with Crippen LogP contribution >= 0.6 is 0 Å². The lowest BCUT2D eigenvalue weighted by atomic mass is 10.4. The van der Waals surface area contributed by atoms with Crippen molar-refractivity contribution in [1.29, 1.82) is 0 Å². The lowest BCUT2D eigenvalue weighted by molar-refractivity contribution is -0.111. The highest BCUT2D eigenvalue weighted by Crippen LogP contribution is 2.62. The summed E-state index contributed by atoms with van der Waals surface area (Å²) in [6.45, 7) is 0. The first-order valence-electron chi connectivity index (χ1n) is 2.37. The van der Waals surface area contributed by atoms with Crippen LogP contribution in [0.25, 0.3) is 0 Å². The minimum Gasteiger partial charge on any atom is -0.299 e. The number of Topliss-reactive ketones (excluding diaryl/α,β-unsaturated/α-hetero) is 1. The maximum atomic E-state index is 10.3. The molecule has 2 aliphatic rings. The standard InChI is InChI=1S/C5H6O/c6-4-3-5(4)1-2-5/h1-3H2. The van der Waals surface area contributed by atoms with Gasteiger partial charge in [0, 0.05) is 11.8 Å². The molecule has 0 aromatic rings. The minimum absolute atomic E-state index is 0.319. The highest BCUT2D eigenvalue weighted by molar-refractivity contribution is 6.03. The summed E-state index contributed by atoms with van der Waals surface area (Å²) in [4.78, 5) is 10.3. The molecule has 0 bridgehead atoms. The number of hydrogen-bond acceptors (Lipinski definition) is 1. The maximum Gasteiger partial charge on any atom is 0.140 e. The van der Waals surface area contributed by atoms with Crippen LogP contribution in [-0.4, -0.2) is 5.78 Å². The average molecular weight is 82.1 g/mol. The molecule has 0 aromatic heterocycles. The molecule has 0 unspecified atom stereocenters. The van der Waals surface area contributed by atoms with Gasteiger partial charge in [0.05, 0.1) is 0 Å². The van der Waals surface area contributed by atoms with Crippen molar-refractivity contribution in [2.75, 3.05) is 0 Å². The fourth-order valence-electron chi connectivity index (χ4n) is 0.870. The van der Waals surface area contributed by atoms with Crippen LogP contribution in [-0.2, 0) is 4.79 Å². The highest BCUT2D eigenvalue weighted by atomic mass is 16.1. The van der Waals surface area contributed by atoms with Gasteiger partial charge in [-0.05, 0) is 12.8 Å². The van der Waals surface area contributed by atoms with E-state index in [-0.39, 0.29) is 0 Å². The molecule has 0 N–H and O–H groups in total. The van der Waals surface area contributed by atoms with Crippen LogP contribution in [0.3, 0.4) is 0 Å². The van der Waals surface area contributed by atoms with Crippen LogP contribution in [0.1, 0.15) is 19.3 Å². The molecule has 2 rings (SSSR count). The van der Waals surface area contributed by atoms with Crippen LogP contribution in [0.15, 0.2) is 0 Å². The van der Waals surface area contributed by atoms with E-state index in [1.165, 1.54) is 12.8 Å². The third-order valence-corrected chi connectivity index (χ3v) is 1.82. The molecule has 2 saturated carbocycles. The Morgan fingerprint density at radius 3 is 2.00 bits per heavy atom. The Balaban J connectivity index is 2.36. The van der Waals surface area contributed by atoms with Crippen molar-refractivity contribution >= 4 is 5.78 Å². The number of carbonyl (C=O) groups excluding carboxylic acids is 1. The predicted octanol–water partition coefficient (Wildman–Crippen LogP) is 0.739. The zero-order chi connectivity index (χ0) is 4.20. The van der Waals surface area contributed by atoms with Gasteiger partial charge in [0.15, 0.2) is 0 Å². The summed E-state index contributed by atoms with van der Waals surface area (Å²) in [5.41, 5.74) is 0.319. The summed E-state index contributed by atoms with van der Waals surface area (Å²) in [7, 11) is 0. The first kappa shape index (κ1) is 2.78. The van der Waals surface area contributed by atoms with Crippen molar-refractivity contribution < 1.29 is 4.79 Å². The lowest BCUT2D eigenvalue weighted by Gasteiger charge is -1.58. The molecule has 0 aromatic carbocycles. The minimum atomic E-state index is 0.319. The van der Waals surface area contributed by atoms with Crippen LogP contribution in [0.4, 0.5) is 0 Å². The van der Waals surface area contributed by atoms with Crippen molar-refractivity contribution in [2.24, 2.45) is 5.41 Å².